The lowest BCUT2D eigenvalue weighted by Crippen LogP contribution is -2.29. The molecule has 0 bridgehead atoms. The zero-order valence-corrected chi connectivity index (χ0v) is 13.5. The molecule has 124 valence electrons. The van der Waals surface area contributed by atoms with Crippen molar-refractivity contribution in [2.24, 2.45) is 0 Å². The van der Waals surface area contributed by atoms with Gasteiger partial charge < -0.3 is 14.9 Å². The number of carbonyl (C=O) groups excluding carboxylic acids is 1. The van der Waals surface area contributed by atoms with Crippen LogP contribution in [0.25, 0.3) is 0 Å². The van der Waals surface area contributed by atoms with E-state index in [4.69, 9.17) is 4.52 Å². The highest BCUT2D eigenvalue weighted by atomic mass is 19.1. The van der Waals surface area contributed by atoms with E-state index in [0.29, 0.717) is 5.76 Å². The summed E-state index contributed by atoms with van der Waals surface area (Å²) in [6.07, 6.45) is -0.832. The number of hydrogen-bond acceptors (Lipinski definition) is 4. The summed E-state index contributed by atoms with van der Waals surface area (Å²) in [4.78, 5) is 12.0. The molecule has 0 fully saturated rings. The van der Waals surface area contributed by atoms with Crippen molar-refractivity contribution < 1.29 is 18.8 Å². The van der Waals surface area contributed by atoms with Gasteiger partial charge in [0.1, 0.15) is 11.6 Å². The lowest BCUT2D eigenvalue weighted by Gasteiger charge is -2.15. The summed E-state index contributed by atoms with van der Waals surface area (Å²) < 4.78 is 18.7. The lowest BCUT2D eigenvalue weighted by molar-refractivity contribution is -0.121. The Hall–Kier alpha value is -2.21. The first-order valence-corrected chi connectivity index (χ1v) is 7.52. The van der Waals surface area contributed by atoms with Crippen LogP contribution in [0.15, 0.2) is 28.8 Å². The van der Waals surface area contributed by atoms with Gasteiger partial charge >= 0.3 is 0 Å². The number of halogens is 1. The van der Waals surface area contributed by atoms with Gasteiger partial charge in [0.15, 0.2) is 0 Å². The molecule has 1 amide bonds. The smallest absolute Gasteiger partial charge is 0.220 e. The van der Waals surface area contributed by atoms with Crippen molar-refractivity contribution in [2.75, 3.05) is 6.54 Å². The molecular weight excluding hydrogens is 299 g/mol. The SMILES string of the molecule is Cc1noc(C)c1C(C)CC(=O)NCC(O)c1ccccc1F. The summed E-state index contributed by atoms with van der Waals surface area (Å²) in [5, 5.41) is 16.5. The van der Waals surface area contributed by atoms with E-state index in [1.54, 1.807) is 12.1 Å². The number of benzene rings is 1. The molecule has 0 aliphatic rings. The van der Waals surface area contributed by atoms with E-state index in [0.717, 1.165) is 11.3 Å². The number of aliphatic hydroxyl groups excluding tert-OH is 1. The minimum atomic E-state index is -1.07. The van der Waals surface area contributed by atoms with E-state index in [-0.39, 0.29) is 30.4 Å². The highest BCUT2D eigenvalue weighted by Gasteiger charge is 2.20. The molecular formula is C17H21FN2O3. The average molecular weight is 320 g/mol. The first-order valence-electron chi connectivity index (χ1n) is 7.52. The van der Waals surface area contributed by atoms with E-state index in [1.165, 1.54) is 12.1 Å². The van der Waals surface area contributed by atoms with Gasteiger partial charge in [-0.25, -0.2) is 4.39 Å². The molecule has 0 saturated carbocycles. The zero-order chi connectivity index (χ0) is 17.0. The molecule has 1 aromatic heterocycles. The van der Waals surface area contributed by atoms with Crippen LogP contribution in [-0.2, 0) is 4.79 Å². The Morgan fingerprint density at radius 2 is 2.09 bits per heavy atom. The van der Waals surface area contributed by atoms with Crippen LogP contribution in [0.3, 0.4) is 0 Å². The minimum absolute atomic E-state index is 0.0336. The van der Waals surface area contributed by atoms with Crippen LogP contribution >= 0.6 is 0 Å². The largest absolute Gasteiger partial charge is 0.386 e. The molecule has 0 aliphatic carbocycles. The fraction of sp³-hybridized carbons (Fsp3) is 0.412. The number of nitrogens with one attached hydrogen (secondary N) is 1. The molecule has 0 saturated heterocycles. The van der Waals surface area contributed by atoms with Crippen LogP contribution < -0.4 is 5.32 Å². The summed E-state index contributed by atoms with van der Waals surface area (Å²) in [5.41, 5.74) is 1.87. The lowest BCUT2D eigenvalue weighted by atomic mass is 9.96. The van der Waals surface area contributed by atoms with Gasteiger partial charge in [-0.1, -0.05) is 30.3 Å². The molecule has 2 aromatic rings. The van der Waals surface area contributed by atoms with Gasteiger partial charge in [0, 0.05) is 24.1 Å². The maximum Gasteiger partial charge on any atom is 0.220 e. The molecule has 2 rings (SSSR count). The zero-order valence-electron chi connectivity index (χ0n) is 13.5. The van der Waals surface area contributed by atoms with Crippen LogP contribution in [0, 0.1) is 19.7 Å². The van der Waals surface area contributed by atoms with E-state index >= 15 is 0 Å². The molecule has 1 aromatic carbocycles. The molecule has 1 heterocycles. The second kappa shape index (κ2) is 7.37. The van der Waals surface area contributed by atoms with E-state index in [1.807, 2.05) is 20.8 Å². The highest BCUT2D eigenvalue weighted by molar-refractivity contribution is 5.77. The Morgan fingerprint density at radius 3 is 2.70 bits per heavy atom. The van der Waals surface area contributed by atoms with E-state index in [9.17, 15) is 14.3 Å². The maximum absolute atomic E-state index is 13.6. The van der Waals surface area contributed by atoms with Crippen molar-refractivity contribution in [3.8, 4) is 0 Å². The average Bonchev–Trinajstić information content (AvgIpc) is 2.84. The van der Waals surface area contributed by atoms with Crippen LogP contribution in [-0.4, -0.2) is 22.7 Å². The third-order valence-corrected chi connectivity index (χ3v) is 3.83. The van der Waals surface area contributed by atoms with E-state index in [2.05, 4.69) is 10.5 Å². The fourth-order valence-corrected chi connectivity index (χ4v) is 2.71. The standard InChI is InChI=1S/C17H21FN2O3/c1-10(17-11(2)20-23-12(17)3)8-16(22)19-9-15(21)13-6-4-5-7-14(13)18/h4-7,10,15,21H,8-9H2,1-3H3,(H,19,22). The Morgan fingerprint density at radius 1 is 1.39 bits per heavy atom. The topological polar surface area (TPSA) is 75.4 Å². The summed E-state index contributed by atoms with van der Waals surface area (Å²) in [6.45, 7) is 5.53. The highest BCUT2D eigenvalue weighted by Crippen LogP contribution is 2.25. The quantitative estimate of drug-likeness (QED) is 0.858. The van der Waals surface area contributed by atoms with Crippen molar-refractivity contribution in [2.45, 2.75) is 39.2 Å². The van der Waals surface area contributed by atoms with Crippen molar-refractivity contribution in [3.63, 3.8) is 0 Å². The summed E-state index contributed by atoms with van der Waals surface area (Å²) >= 11 is 0. The van der Waals surface area contributed by atoms with Gasteiger partial charge in [0.2, 0.25) is 5.91 Å². The molecule has 0 aliphatic heterocycles. The second-order valence-corrected chi connectivity index (χ2v) is 5.68. The van der Waals surface area contributed by atoms with Crippen molar-refractivity contribution in [3.05, 3.63) is 52.7 Å². The molecule has 0 spiro atoms. The first-order chi connectivity index (χ1) is 10.9. The Balaban J connectivity index is 1.89. The van der Waals surface area contributed by atoms with Crippen molar-refractivity contribution >= 4 is 5.91 Å². The molecule has 2 unspecified atom stereocenters. The second-order valence-electron chi connectivity index (χ2n) is 5.68. The summed E-state index contributed by atoms with van der Waals surface area (Å²) in [6, 6.07) is 5.97. The van der Waals surface area contributed by atoms with Gasteiger partial charge in [0.25, 0.3) is 0 Å². The van der Waals surface area contributed by atoms with Gasteiger partial charge in [-0.2, -0.15) is 0 Å². The number of carbonyl (C=O) groups is 1. The molecule has 23 heavy (non-hydrogen) atoms. The van der Waals surface area contributed by atoms with Gasteiger partial charge in [-0.05, 0) is 25.8 Å². The van der Waals surface area contributed by atoms with Gasteiger partial charge in [-0.15, -0.1) is 0 Å². The van der Waals surface area contributed by atoms with Crippen molar-refractivity contribution in [1.82, 2.24) is 10.5 Å². The predicted octanol–water partition coefficient (Wildman–Crippen LogP) is 2.77. The van der Waals surface area contributed by atoms with E-state index < -0.39 is 11.9 Å². The van der Waals surface area contributed by atoms with Gasteiger partial charge in [0.05, 0.1) is 11.8 Å². The number of aliphatic hydroxyl groups is 1. The third kappa shape index (κ3) is 4.16. The van der Waals surface area contributed by atoms with Crippen LogP contribution in [0.5, 0.6) is 0 Å². The number of nitrogens with zero attached hydrogens (tertiary/aromatic N) is 1. The number of rotatable bonds is 6. The minimum Gasteiger partial charge on any atom is -0.386 e. The van der Waals surface area contributed by atoms with Gasteiger partial charge in [-0.3, -0.25) is 4.79 Å². The first kappa shape index (κ1) is 17.1. The number of aromatic nitrogens is 1. The summed E-state index contributed by atoms with van der Waals surface area (Å²) in [5.74, 6) is -0.0488. The molecule has 2 atom stereocenters. The maximum atomic E-state index is 13.6. The Bertz CT molecular complexity index is 665. The number of amides is 1. The molecule has 6 heteroatoms. The van der Waals surface area contributed by atoms with Crippen molar-refractivity contribution in [1.29, 1.82) is 0 Å². The van der Waals surface area contributed by atoms with Crippen LogP contribution in [0.2, 0.25) is 0 Å². The number of aryl methyl sites for hydroxylation is 2. The monoisotopic (exact) mass is 320 g/mol. The third-order valence-electron chi connectivity index (χ3n) is 3.83. The fourth-order valence-electron chi connectivity index (χ4n) is 2.71. The normalized spacial score (nSPS) is 13.6. The Kier molecular flexibility index (Phi) is 5.50. The van der Waals surface area contributed by atoms with Crippen LogP contribution in [0.4, 0.5) is 4.39 Å². The predicted molar refractivity (Wildman–Crippen MR) is 83.4 cm³/mol. The molecule has 0 radical (unpaired) electrons. The molecule has 5 nitrogen and oxygen atoms in total. The van der Waals surface area contributed by atoms with Crippen LogP contribution in [0.1, 0.15) is 47.9 Å². The molecule has 2 N–H and O–H groups in total. The number of hydrogen-bond donors (Lipinski definition) is 2. The summed E-state index contributed by atoms with van der Waals surface area (Å²) in [7, 11) is 0. The Labute approximate surface area is 134 Å².